The van der Waals surface area contributed by atoms with Gasteiger partial charge in [-0.3, -0.25) is 4.98 Å². The lowest BCUT2D eigenvalue weighted by atomic mass is 10.1. The Morgan fingerprint density at radius 1 is 1.56 bits per heavy atom. The Bertz CT molecular complexity index is 473. The molecular formula is C14H19N3O. The lowest BCUT2D eigenvalue weighted by Gasteiger charge is -2.22. The standard InChI is InChI=1S/C14H19N3O/c1-9-7-13(12(8-15)10(2)16-9)17-11(3)14-5-4-6-18-14/h7,11,14H,4-6H2,1-3H3,(H,16,17). The van der Waals surface area contributed by atoms with E-state index in [0.29, 0.717) is 5.56 Å². The molecule has 2 rings (SSSR count). The van der Waals surface area contributed by atoms with E-state index in [2.05, 4.69) is 23.3 Å². The van der Waals surface area contributed by atoms with Crippen molar-refractivity contribution in [2.45, 2.75) is 45.8 Å². The zero-order chi connectivity index (χ0) is 13.1. The highest BCUT2D eigenvalue weighted by Gasteiger charge is 2.23. The van der Waals surface area contributed by atoms with Crippen molar-refractivity contribution < 1.29 is 4.74 Å². The van der Waals surface area contributed by atoms with Crippen LogP contribution in [-0.2, 0) is 4.74 Å². The molecule has 2 atom stereocenters. The minimum atomic E-state index is 0.209. The molecule has 1 N–H and O–H groups in total. The van der Waals surface area contributed by atoms with Crippen LogP contribution in [0.25, 0.3) is 0 Å². The zero-order valence-corrected chi connectivity index (χ0v) is 11.2. The topological polar surface area (TPSA) is 57.9 Å². The van der Waals surface area contributed by atoms with Gasteiger partial charge in [0, 0.05) is 18.3 Å². The molecule has 96 valence electrons. The summed E-state index contributed by atoms with van der Waals surface area (Å²) in [4.78, 5) is 4.32. The third-order valence-electron chi connectivity index (χ3n) is 3.35. The number of pyridine rings is 1. The summed E-state index contributed by atoms with van der Waals surface area (Å²) in [5.41, 5.74) is 3.20. The molecule has 1 aromatic heterocycles. The van der Waals surface area contributed by atoms with Gasteiger partial charge in [-0.05, 0) is 39.7 Å². The van der Waals surface area contributed by atoms with Gasteiger partial charge in [-0.2, -0.15) is 5.26 Å². The summed E-state index contributed by atoms with van der Waals surface area (Å²) in [6.45, 7) is 6.75. The van der Waals surface area contributed by atoms with Crippen LogP contribution in [0.2, 0.25) is 0 Å². The third-order valence-corrected chi connectivity index (χ3v) is 3.35. The maximum absolute atomic E-state index is 9.21. The highest BCUT2D eigenvalue weighted by molar-refractivity contribution is 5.60. The summed E-state index contributed by atoms with van der Waals surface area (Å²) >= 11 is 0. The number of ether oxygens (including phenoxy) is 1. The number of aromatic nitrogens is 1. The fourth-order valence-electron chi connectivity index (χ4n) is 2.42. The summed E-state index contributed by atoms with van der Waals surface area (Å²) in [7, 11) is 0. The summed E-state index contributed by atoms with van der Waals surface area (Å²) in [6, 6.07) is 4.36. The molecule has 2 heterocycles. The van der Waals surface area contributed by atoms with E-state index in [0.717, 1.165) is 36.5 Å². The van der Waals surface area contributed by atoms with E-state index in [4.69, 9.17) is 4.74 Å². The van der Waals surface area contributed by atoms with Gasteiger partial charge in [-0.15, -0.1) is 0 Å². The predicted molar refractivity (Wildman–Crippen MR) is 70.5 cm³/mol. The zero-order valence-electron chi connectivity index (χ0n) is 11.2. The molecule has 1 aromatic rings. The van der Waals surface area contributed by atoms with Crippen LogP contribution >= 0.6 is 0 Å². The fourth-order valence-corrected chi connectivity index (χ4v) is 2.42. The first-order valence-electron chi connectivity index (χ1n) is 6.38. The number of rotatable bonds is 3. The van der Waals surface area contributed by atoms with E-state index in [1.807, 2.05) is 19.9 Å². The van der Waals surface area contributed by atoms with E-state index >= 15 is 0 Å². The van der Waals surface area contributed by atoms with E-state index < -0.39 is 0 Å². The van der Waals surface area contributed by atoms with Gasteiger partial charge in [0.05, 0.1) is 23.0 Å². The van der Waals surface area contributed by atoms with Crippen molar-refractivity contribution in [1.82, 2.24) is 4.98 Å². The van der Waals surface area contributed by atoms with Gasteiger partial charge >= 0.3 is 0 Å². The first-order valence-corrected chi connectivity index (χ1v) is 6.38. The maximum atomic E-state index is 9.21. The molecule has 0 bridgehead atoms. The number of nitrogens with zero attached hydrogens (tertiary/aromatic N) is 2. The van der Waals surface area contributed by atoms with E-state index in [9.17, 15) is 5.26 Å². The van der Waals surface area contributed by atoms with Crippen molar-refractivity contribution in [3.05, 3.63) is 23.0 Å². The predicted octanol–water partition coefficient (Wildman–Crippen LogP) is 2.55. The molecular weight excluding hydrogens is 226 g/mol. The number of nitrogens with one attached hydrogen (secondary N) is 1. The van der Waals surface area contributed by atoms with Crippen molar-refractivity contribution >= 4 is 5.69 Å². The summed E-state index contributed by atoms with van der Waals surface area (Å²) < 4.78 is 5.66. The van der Waals surface area contributed by atoms with Gasteiger partial charge < -0.3 is 10.1 Å². The molecule has 0 amide bonds. The van der Waals surface area contributed by atoms with Gasteiger partial charge in [-0.1, -0.05) is 0 Å². The largest absolute Gasteiger partial charge is 0.379 e. The Kier molecular flexibility index (Phi) is 3.83. The SMILES string of the molecule is Cc1cc(NC(C)C2CCCO2)c(C#N)c(C)n1. The number of anilines is 1. The van der Waals surface area contributed by atoms with Gasteiger partial charge in [-0.25, -0.2) is 0 Å². The molecule has 18 heavy (non-hydrogen) atoms. The lowest BCUT2D eigenvalue weighted by Crippen LogP contribution is -2.30. The second-order valence-electron chi connectivity index (χ2n) is 4.87. The number of aryl methyl sites for hydroxylation is 2. The number of nitriles is 1. The molecule has 0 spiro atoms. The summed E-state index contributed by atoms with van der Waals surface area (Å²) in [5, 5.41) is 12.6. The minimum Gasteiger partial charge on any atom is -0.379 e. The second kappa shape index (κ2) is 5.36. The molecule has 1 aliphatic heterocycles. The molecule has 1 saturated heterocycles. The molecule has 4 heteroatoms. The molecule has 0 radical (unpaired) electrons. The Morgan fingerprint density at radius 3 is 2.94 bits per heavy atom. The molecule has 1 fully saturated rings. The number of hydrogen-bond donors (Lipinski definition) is 1. The highest BCUT2D eigenvalue weighted by Crippen LogP contribution is 2.23. The quantitative estimate of drug-likeness (QED) is 0.889. The van der Waals surface area contributed by atoms with Crippen LogP contribution in [0.15, 0.2) is 6.07 Å². The van der Waals surface area contributed by atoms with Gasteiger partial charge in [0.2, 0.25) is 0 Å². The van der Waals surface area contributed by atoms with Crippen LogP contribution in [-0.4, -0.2) is 23.7 Å². The molecule has 1 aliphatic rings. The molecule has 0 saturated carbocycles. The molecule has 2 unspecified atom stereocenters. The average Bonchev–Trinajstić information content (AvgIpc) is 2.81. The van der Waals surface area contributed by atoms with Crippen molar-refractivity contribution in [2.75, 3.05) is 11.9 Å². The van der Waals surface area contributed by atoms with Crippen LogP contribution in [0.5, 0.6) is 0 Å². The Balaban J connectivity index is 2.20. The van der Waals surface area contributed by atoms with Gasteiger partial charge in [0.1, 0.15) is 6.07 Å². The average molecular weight is 245 g/mol. The fraction of sp³-hybridized carbons (Fsp3) is 0.571. The van der Waals surface area contributed by atoms with Crippen molar-refractivity contribution in [1.29, 1.82) is 5.26 Å². The second-order valence-corrected chi connectivity index (χ2v) is 4.87. The highest BCUT2D eigenvalue weighted by atomic mass is 16.5. The van der Waals surface area contributed by atoms with Crippen molar-refractivity contribution in [3.8, 4) is 6.07 Å². The first-order chi connectivity index (χ1) is 8.61. The number of hydrogen-bond acceptors (Lipinski definition) is 4. The lowest BCUT2D eigenvalue weighted by molar-refractivity contribution is 0.0996. The van der Waals surface area contributed by atoms with Crippen LogP contribution in [0, 0.1) is 25.2 Å². The van der Waals surface area contributed by atoms with Crippen LogP contribution < -0.4 is 5.32 Å². The van der Waals surface area contributed by atoms with E-state index in [1.165, 1.54) is 0 Å². The van der Waals surface area contributed by atoms with Crippen LogP contribution in [0.3, 0.4) is 0 Å². The van der Waals surface area contributed by atoms with Crippen LogP contribution in [0.1, 0.15) is 36.7 Å². The van der Waals surface area contributed by atoms with E-state index in [1.54, 1.807) is 0 Å². The molecule has 0 aromatic carbocycles. The minimum absolute atomic E-state index is 0.209. The summed E-state index contributed by atoms with van der Waals surface area (Å²) in [5.74, 6) is 0. The van der Waals surface area contributed by atoms with E-state index in [-0.39, 0.29) is 12.1 Å². The smallest absolute Gasteiger partial charge is 0.103 e. The van der Waals surface area contributed by atoms with Crippen molar-refractivity contribution in [2.24, 2.45) is 0 Å². The normalized spacial score (nSPS) is 20.4. The van der Waals surface area contributed by atoms with Crippen molar-refractivity contribution in [3.63, 3.8) is 0 Å². The Labute approximate surface area is 108 Å². The third kappa shape index (κ3) is 2.62. The van der Waals surface area contributed by atoms with Crippen LogP contribution in [0.4, 0.5) is 5.69 Å². The Morgan fingerprint density at radius 2 is 2.33 bits per heavy atom. The maximum Gasteiger partial charge on any atom is 0.103 e. The molecule has 4 nitrogen and oxygen atoms in total. The Hall–Kier alpha value is -1.60. The van der Waals surface area contributed by atoms with Gasteiger partial charge in [0.15, 0.2) is 0 Å². The van der Waals surface area contributed by atoms with Gasteiger partial charge in [0.25, 0.3) is 0 Å². The first kappa shape index (κ1) is 12.8. The monoisotopic (exact) mass is 245 g/mol. The summed E-state index contributed by atoms with van der Waals surface area (Å²) in [6.07, 6.45) is 2.44. The molecule has 0 aliphatic carbocycles.